The van der Waals surface area contributed by atoms with Gasteiger partial charge >= 0.3 is 0 Å². The fourth-order valence-electron chi connectivity index (χ4n) is 2.53. The van der Waals surface area contributed by atoms with Crippen LogP contribution in [0.4, 0.5) is 0 Å². The first-order valence-electron chi connectivity index (χ1n) is 8.34. The highest BCUT2D eigenvalue weighted by atomic mass is 16.5. The largest absolute Gasteiger partial charge is 0.491 e. The Morgan fingerprint density at radius 3 is 2.52 bits per heavy atom. The third-order valence-electron chi connectivity index (χ3n) is 4.22. The Morgan fingerprint density at radius 1 is 1.24 bits per heavy atom. The summed E-state index contributed by atoms with van der Waals surface area (Å²) in [6.07, 6.45) is 5.73. The summed E-state index contributed by atoms with van der Waals surface area (Å²) in [4.78, 5) is 0. The van der Waals surface area contributed by atoms with Crippen molar-refractivity contribution in [1.29, 1.82) is 0 Å². The molecule has 2 atom stereocenters. The second kappa shape index (κ2) is 8.40. The third-order valence-corrected chi connectivity index (χ3v) is 4.22. The van der Waals surface area contributed by atoms with E-state index in [1.807, 2.05) is 12.1 Å². The van der Waals surface area contributed by atoms with Crippen molar-refractivity contribution >= 4 is 0 Å². The quantitative estimate of drug-likeness (QED) is 0.696. The first kappa shape index (κ1) is 16.3. The zero-order valence-electron chi connectivity index (χ0n) is 13.3. The van der Waals surface area contributed by atoms with Crippen LogP contribution >= 0.6 is 0 Å². The molecular weight excluding hydrogens is 262 g/mol. The summed E-state index contributed by atoms with van der Waals surface area (Å²) in [5.41, 5.74) is 1.30. The van der Waals surface area contributed by atoms with E-state index in [4.69, 9.17) is 4.74 Å². The van der Waals surface area contributed by atoms with Gasteiger partial charge in [-0.3, -0.25) is 0 Å². The monoisotopic (exact) mass is 291 g/mol. The molecule has 0 heterocycles. The maximum Gasteiger partial charge on any atom is 0.119 e. The molecule has 1 saturated carbocycles. The first-order chi connectivity index (χ1) is 10.2. The Kier molecular flexibility index (Phi) is 6.52. The lowest BCUT2D eigenvalue weighted by molar-refractivity contribution is 0.103. The molecule has 21 heavy (non-hydrogen) atoms. The summed E-state index contributed by atoms with van der Waals surface area (Å²) in [7, 11) is 0. The van der Waals surface area contributed by atoms with Gasteiger partial charge in [-0.05, 0) is 42.9 Å². The fraction of sp³-hybridized carbons (Fsp3) is 0.667. The van der Waals surface area contributed by atoms with Gasteiger partial charge in [-0.15, -0.1) is 0 Å². The molecule has 1 aromatic rings. The Bertz CT molecular complexity index is 400. The summed E-state index contributed by atoms with van der Waals surface area (Å²) >= 11 is 0. The maximum atomic E-state index is 10.0. The van der Waals surface area contributed by atoms with Gasteiger partial charge in [0.2, 0.25) is 0 Å². The van der Waals surface area contributed by atoms with E-state index in [9.17, 15) is 5.11 Å². The van der Waals surface area contributed by atoms with E-state index < -0.39 is 6.10 Å². The highest BCUT2D eigenvalue weighted by Gasteiger charge is 2.24. The number of rotatable bonds is 10. The van der Waals surface area contributed by atoms with Crippen LogP contribution in [0.3, 0.4) is 0 Å². The molecule has 2 N–H and O–H groups in total. The van der Waals surface area contributed by atoms with Gasteiger partial charge in [-0.1, -0.05) is 38.8 Å². The number of aryl methyl sites for hydroxylation is 1. The molecular formula is C18H29NO2. The molecule has 3 nitrogen and oxygen atoms in total. The molecule has 0 amide bonds. The van der Waals surface area contributed by atoms with E-state index in [0.29, 0.717) is 19.2 Å². The number of benzene rings is 1. The van der Waals surface area contributed by atoms with Crippen molar-refractivity contribution in [3.05, 3.63) is 29.8 Å². The average Bonchev–Trinajstić information content (AvgIpc) is 3.33. The van der Waals surface area contributed by atoms with Gasteiger partial charge in [0.05, 0.1) is 0 Å². The summed E-state index contributed by atoms with van der Waals surface area (Å²) in [6.45, 7) is 5.30. The van der Waals surface area contributed by atoms with Crippen LogP contribution in [0.2, 0.25) is 0 Å². The molecule has 1 aliphatic rings. The highest BCUT2D eigenvalue weighted by molar-refractivity contribution is 5.27. The average molecular weight is 291 g/mol. The molecule has 0 spiro atoms. The topological polar surface area (TPSA) is 41.5 Å². The van der Waals surface area contributed by atoms with Crippen LogP contribution in [0.25, 0.3) is 0 Å². The molecule has 3 heteroatoms. The molecule has 0 aliphatic heterocycles. The van der Waals surface area contributed by atoms with Crippen molar-refractivity contribution in [3.63, 3.8) is 0 Å². The number of hydrogen-bond acceptors (Lipinski definition) is 3. The lowest BCUT2D eigenvalue weighted by Crippen LogP contribution is -2.38. The van der Waals surface area contributed by atoms with Crippen molar-refractivity contribution in [2.24, 2.45) is 5.92 Å². The van der Waals surface area contributed by atoms with Crippen LogP contribution in [0.1, 0.15) is 45.1 Å². The second-order valence-electron chi connectivity index (χ2n) is 6.15. The predicted molar refractivity (Wildman–Crippen MR) is 86.7 cm³/mol. The molecule has 1 fully saturated rings. The van der Waals surface area contributed by atoms with Gasteiger partial charge in [-0.2, -0.15) is 0 Å². The molecule has 0 aromatic heterocycles. The summed E-state index contributed by atoms with van der Waals surface area (Å²) in [6, 6.07) is 8.63. The maximum absolute atomic E-state index is 10.0. The molecule has 0 saturated heterocycles. The molecule has 1 aliphatic carbocycles. The van der Waals surface area contributed by atoms with Crippen LogP contribution in [-0.4, -0.2) is 30.4 Å². The van der Waals surface area contributed by atoms with Crippen LogP contribution in [0.5, 0.6) is 5.75 Å². The summed E-state index contributed by atoms with van der Waals surface area (Å²) in [5.74, 6) is 1.75. The van der Waals surface area contributed by atoms with Crippen molar-refractivity contribution in [1.82, 2.24) is 5.32 Å². The van der Waals surface area contributed by atoms with E-state index in [1.54, 1.807) is 0 Å². The smallest absolute Gasteiger partial charge is 0.119 e. The molecule has 118 valence electrons. The first-order valence-corrected chi connectivity index (χ1v) is 8.34. The Labute approximate surface area is 128 Å². The van der Waals surface area contributed by atoms with Crippen molar-refractivity contribution < 1.29 is 9.84 Å². The number of aliphatic hydroxyl groups excluding tert-OH is 1. The van der Waals surface area contributed by atoms with Gasteiger partial charge in [0.15, 0.2) is 0 Å². The standard InChI is InChI=1S/C18H29NO2/c1-3-14-7-9-18(10-8-14)21-13-17(20)12-19-16(4-2)11-15-5-6-15/h7-10,15-17,19-20H,3-6,11-13H2,1-2H3. The number of hydrogen-bond donors (Lipinski definition) is 2. The lowest BCUT2D eigenvalue weighted by Gasteiger charge is -2.19. The molecule has 2 unspecified atom stereocenters. The minimum absolute atomic E-state index is 0.346. The van der Waals surface area contributed by atoms with E-state index in [1.165, 1.54) is 24.8 Å². The second-order valence-corrected chi connectivity index (χ2v) is 6.15. The summed E-state index contributed by atoms with van der Waals surface area (Å²) < 4.78 is 5.64. The van der Waals surface area contributed by atoms with E-state index in [2.05, 4.69) is 31.3 Å². The van der Waals surface area contributed by atoms with Gasteiger partial charge < -0.3 is 15.2 Å². The van der Waals surface area contributed by atoms with Gasteiger partial charge in [0.1, 0.15) is 18.5 Å². The zero-order chi connectivity index (χ0) is 15.1. The number of nitrogens with one attached hydrogen (secondary N) is 1. The van der Waals surface area contributed by atoms with Crippen molar-refractivity contribution in [2.45, 2.75) is 58.1 Å². The van der Waals surface area contributed by atoms with E-state index in [-0.39, 0.29) is 0 Å². The minimum Gasteiger partial charge on any atom is -0.491 e. The SMILES string of the molecule is CCc1ccc(OCC(O)CNC(CC)CC2CC2)cc1. The van der Waals surface area contributed by atoms with E-state index >= 15 is 0 Å². The van der Waals surface area contributed by atoms with E-state index in [0.717, 1.165) is 24.5 Å². The van der Waals surface area contributed by atoms with Crippen molar-refractivity contribution in [3.8, 4) is 5.75 Å². The Hall–Kier alpha value is -1.06. The van der Waals surface area contributed by atoms with Gasteiger partial charge in [-0.25, -0.2) is 0 Å². The third kappa shape index (κ3) is 6.06. The van der Waals surface area contributed by atoms with Crippen LogP contribution < -0.4 is 10.1 Å². The fourth-order valence-corrected chi connectivity index (χ4v) is 2.53. The normalized spacial score (nSPS) is 17.5. The van der Waals surface area contributed by atoms with Crippen LogP contribution in [0.15, 0.2) is 24.3 Å². The predicted octanol–water partition coefficient (Wildman–Crippen LogP) is 3.16. The summed E-state index contributed by atoms with van der Waals surface area (Å²) in [5, 5.41) is 13.5. The molecule has 2 rings (SSSR count). The van der Waals surface area contributed by atoms with Gasteiger partial charge in [0, 0.05) is 12.6 Å². The van der Waals surface area contributed by atoms with Crippen LogP contribution in [0, 0.1) is 5.92 Å². The minimum atomic E-state index is -0.455. The Balaban J connectivity index is 1.64. The molecule has 0 bridgehead atoms. The molecule has 1 aromatic carbocycles. The highest BCUT2D eigenvalue weighted by Crippen LogP contribution is 2.33. The lowest BCUT2D eigenvalue weighted by atomic mass is 10.1. The number of aliphatic hydroxyl groups is 1. The zero-order valence-corrected chi connectivity index (χ0v) is 13.3. The van der Waals surface area contributed by atoms with Crippen LogP contribution in [-0.2, 0) is 6.42 Å². The van der Waals surface area contributed by atoms with Gasteiger partial charge in [0.25, 0.3) is 0 Å². The van der Waals surface area contributed by atoms with Crippen molar-refractivity contribution in [2.75, 3.05) is 13.2 Å². The molecule has 0 radical (unpaired) electrons. The number of ether oxygens (including phenoxy) is 1. The Morgan fingerprint density at radius 2 is 1.95 bits per heavy atom.